The molecule has 48 heavy (non-hydrogen) atoms. The molecule has 0 aliphatic carbocycles. The van der Waals surface area contributed by atoms with Gasteiger partial charge in [-0.15, -0.1) is 0 Å². The summed E-state index contributed by atoms with van der Waals surface area (Å²) in [7, 11) is 1.71. The van der Waals surface area contributed by atoms with Crippen LogP contribution in [-0.4, -0.2) is 60.7 Å². The van der Waals surface area contributed by atoms with Gasteiger partial charge in [0.1, 0.15) is 11.6 Å². The minimum atomic E-state index is -0.925. The van der Waals surface area contributed by atoms with Gasteiger partial charge in [-0.05, 0) is 110 Å². The number of benzene rings is 2. The Morgan fingerprint density at radius 1 is 1.00 bits per heavy atom. The molecule has 1 aromatic heterocycles. The fourth-order valence-electron chi connectivity index (χ4n) is 6.68. The Morgan fingerprint density at radius 3 is 2.27 bits per heavy atom. The normalized spacial score (nSPS) is 15.0. The first-order valence-corrected chi connectivity index (χ1v) is 17.0. The molecule has 1 unspecified atom stereocenters. The van der Waals surface area contributed by atoms with Crippen molar-refractivity contribution in [3.8, 4) is 11.1 Å². The Hall–Kier alpha value is -3.40. The molecule has 2 aromatic carbocycles. The van der Waals surface area contributed by atoms with Crippen molar-refractivity contribution in [3.05, 3.63) is 91.4 Å². The summed E-state index contributed by atoms with van der Waals surface area (Å²) in [4.78, 5) is 42.9. The highest BCUT2D eigenvalue weighted by Crippen LogP contribution is 2.38. The van der Waals surface area contributed by atoms with Gasteiger partial charge in [0, 0.05) is 51.3 Å². The van der Waals surface area contributed by atoms with Gasteiger partial charge in [-0.1, -0.05) is 25.4 Å². The molecule has 0 N–H and O–H groups in total. The highest BCUT2D eigenvalue weighted by molar-refractivity contribution is 6.31. The number of hydrogen-bond donors (Lipinski definition) is 0. The average Bonchev–Trinajstić information content (AvgIpc) is 2.97. The standard InChI is InChI=1S/C38H47ClF2N2O5/c1-8-48-36(46)18-27(31-15-28(16-32(39)38(31)41)37-24(5)12-29(40)13-25(37)6)17-34(44)33(11-22(2)3)43-19-26(23(4)14-35(43)45)9-10-42-20-30(21-42)47-7/h12-16,19,22,27,30,33H,8-11,17-18,20-21H2,1-7H3/t27-,33?/m0/s1. The summed E-state index contributed by atoms with van der Waals surface area (Å²) in [5, 5.41) is -0.177. The topological polar surface area (TPSA) is 77.8 Å². The number of rotatable bonds is 15. The number of likely N-dealkylation sites (tertiary alicyclic amines) is 1. The number of hydrogen-bond acceptors (Lipinski definition) is 6. The lowest BCUT2D eigenvalue weighted by Crippen LogP contribution is -2.52. The van der Waals surface area contributed by atoms with Crippen LogP contribution >= 0.6 is 11.6 Å². The first-order valence-electron chi connectivity index (χ1n) is 16.6. The smallest absolute Gasteiger partial charge is 0.306 e. The number of nitrogens with zero attached hydrogens (tertiary/aromatic N) is 2. The molecular weight excluding hydrogens is 638 g/mol. The predicted octanol–water partition coefficient (Wildman–Crippen LogP) is 7.53. The van der Waals surface area contributed by atoms with Crippen LogP contribution in [0.2, 0.25) is 5.02 Å². The van der Waals surface area contributed by atoms with Crippen molar-refractivity contribution in [1.29, 1.82) is 0 Å². The van der Waals surface area contributed by atoms with Gasteiger partial charge in [0.2, 0.25) is 0 Å². The van der Waals surface area contributed by atoms with Gasteiger partial charge < -0.3 is 14.0 Å². The van der Waals surface area contributed by atoms with E-state index >= 15 is 4.39 Å². The number of carbonyl (C=O) groups is 2. The largest absolute Gasteiger partial charge is 0.466 e. The quantitative estimate of drug-likeness (QED) is 0.154. The summed E-state index contributed by atoms with van der Waals surface area (Å²) in [5.74, 6) is -2.87. The molecule has 0 amide bonds. The number of esters is 1. The molecule has 0 radical (unpaired) electrons. The van der Waals surface area contributed by atoms with E-state index < -0.39 is 23.7 Å². The van der Waals surface area contributed by atoms with Crippen LogP contribution in [0.4, 0.5) is 8.78 Å². The molecule has 1 aliphatic heterocycles. The molecule has 1 saturated heterocycles. The molecule has 1 aliphatic rings. The Morgan fingerprint density at radius 2 is 1.67 bits per heavy atom. The SMILES string of the molecule is CCOC(=O)C[C@H](CC(=O)C(CC(C)C)n1cc(CCN2CC(OC)C2)c(C)cc1=O)c1cc(-c2c(C)cc(F)cc2C)cc(Cl)c1F. The van der Waals surface area contributed by atoms with Gasteiger partial charge in [-0.2, -0.15) is 0 Å². The molecule has 260 valence electrons. The third-order valence-electron chi connectivity index (χ3n) is 9.20. The minimum Gasteiger partial charge on any atom is -0.466 e. The van der Waals surface area contributed by atoms with E-state index in [1.807, 2.05) is 20.8 Å². The number of carbonyl (C=O) groups excluding carboxylic acids is 2. The van der Waals surface area contributed by atoms with E-state index in [0.717, 1.165) is 30.8 Å². The van der Waals surface area contributed by atoms with Gasteiger partial charge in [-0.25, -0.2) is 8.78 Å². The second kappa shape index (κ2) is 16.3. The highest BCUT2D eigenvalue weighted by Gasteiger charge is 2.31. The van der Waals surface area contributed by atoms with Gasteiger partial charge in [0.05, 0.1) is 30.2 Å². The number of aryl methyl sites for hydroxylation is 3. The van der Waals surface area contributed by atoms with Gasteiger partial charge >= 0.3 is 5.97 Å². The lowest BCUT2D eigenvalue weighted by molar-refractivity contribution is -0.143. The Balaban J connectivity index is 1.72. The second-order valence-corrected chi connectivity index (χ2v) is 13.8. The third-order valence-corrected chi connectivity index (χ3v) is 9.48. The maximum atomic E-state index is 15.9. The van der Waals surface area contributed by atoms with Crippen LogP contribution in [0.1, 0.15) is 79.8 Å². The lowest BCUT2D eigenvalue weighted by atomic mass is 9.84. The van der Waals surface area contributed by atoms with Crippen LogP contribution in [0.5, 0.6) is 0 Å². The fourth-order valence-corrected chi connectivity index (χ4v) is 6.91. The van der Waals surface area contributed by atoms with E-state index in [0.29, 0.717) is 35.1 Å². The maximum Gasteiger partial charge on any atom is 0.306 e. The predicted molar refractivity (Wildman–Crippen MR) is 185 cm³/mol. The molecule has 1 fully saturated rings. The molecule has 0 saturated carbocycles. The molecular formula is C38H47ClF2N2O5. The Bertz CT molecular complexity index is 1680. The van der Waals surface area contributed by atoms with Crippen LogP contribution < -0.4 is 5.56 Å². The fraction of sp³-hybridized carbons (Fsp3) is 0.500. The molecule has 3 aromatic rings. The van der Waals surface area contributed by atoms with E-state index in [2.05, 4.69) is 4.90 Å². The van der Waals surface area contributed by atoms with Crippen molar-refractivity contribution in [2.24, 2.45) is 5.92 Å². The molecule has 2 atom stereocenters. The second-order valence-electron chi connectivity index (χ2n) is 13.4. The third kappa shape index (κ3) is 8.98. The van der Waals surface area contributed by atoms with Crippen LogP contribution in [0.3, 0.4) is 0 Å². The molecule has 7 nitrogen and oxygen atoms in total. The summed E-state index contributed by atoms with van der Waals surface area (Å²) >= 11 is 6.44. The number of aromatic nitrogens is 1. The van der Waals surface area contributed by atoms with E-state index in [4.69, 9.17) is 21.1 Å². The highest BCUT2D eigenvalue weighted by atomic mass is 35.5. The average molecular weight is 685 g/mol. The van der Waals surface area contributed by atoms with Crippen molar-refractivity contribution >= 4 is 23.4 Å². The van der Waals surface area contributed by atoms with Crippen LogP contribution in [0.25, 0.3) is 11.1 Å². The van der Waals surface area contributed by atoms with Gasteiger partial charge in [-0.3, -0.25) is 19.3 Å². The Kier molecular flexibility index (Phi) is 12.7. The van der Waals surface area contributed by atoms with Crippen LogP contribution in [0.15, 0.2) is 41.3 Å². The summed E-state index contributed by atoms with van der Waals surface area (Å²) < 4.78 is 42.2. The zero-order valence-electron chi connectivity index (χ0n) is 29.0. The van der Waals surface area contributed by atoms with Crippen molar-refractivity contribution in [2.75, 3.05) is 33.4 Å². The monoisotopic (exact) mass is 684 g/mol. The first kappa shape index (κ1) is 37.4. The van der Waals surface area contributed by atoms with E-state index in [1.165, 1.54) is 22.8 Å². The number of ketones is 1. The molecule has 2 heterocycles. The minimum absolute atomic E-state index is 0.0603. The molecule has 0 spiro atoms. The summed E-state index contributed by atoms with van der Waals surface area (Å²) in [6.45, 7) is 13.7. The van der Waals surface area contributed by atoms with Gasteiger partial charge in [0.15, 0.2) is 5.78 Å². The first-order chi connectivity index (χ1) is 22.7. The molecule has 10 heteroatoms. The van der Waals surface area contributed by atoms with Crippen molar-refractivity contribution in [1.82, 2.24) is 9.47 Å². The Labute approximate surface area is 287 Å². The maximum absolute atomic E-state index is 15.9. The number of pyridine rings is 1. The summed E-state index contributed by atoms with van der Waals surface area (Å²) in [5.41, 5.74) is 4.13. The van der Waals surface area contributed by atoms with E-state index in [1.54, 1.807) is 46.2 Å². The number of Topliss-reactive ketones (excluding diaryl/α,β-unsaturated/α-hetero) is 1. The van der Waals surface area contributed by atoms with Crippen molar-refractivity contribution < 1.29 is 27.8 Å². The number of methoxy groups -OCH3 is 1. The molecule has 0 bridgehead atoms. The van der Waals surface area contributed by atoms with Crippen molar-refractivity contribution in [2.45, 2.75) is 85.3 Å². The van der Waals surface area contributed by atoms with E-state index in [-0.39, 0.29) is 59.2 Å². The van der Waals surface area contributed by atoms with Crippen LogP contribution in [0, 0.1) is 38.3 Å². The lowest BCUT2D eigenvalue weighted by Gasteiger charge is -2.38. The summed E-state index contributed by atoms with van der Waals surface area (Å²) in [6.07, 6.45) is 2.62. The zero-order valence-corrected chi connectivity index (χ0v) is 29.8. The van der Waals surface area contributed by atoms with Gasteiger partial charge in [0.25, 0.3) is 5.56 Å². The zero-order chi connectivity index (χ0) is 35.3. The number of ether oxygens (including phenoxy) is 2. The molecule has 4 rings (SSSR count). The summed E-state index contributed by atoms with van der Waals surface area (Å²) in [6, 6.07) is 6.58. The van der Waals surface area contributed by atoms with Crippen LogP contribution in [-0.2, 0) is 25.5 Å². The van der Waals surface area contributed by atoms with Crippen molar-refractivity contribution in [3.63, 3.8) is 0 Å². The van der Waals surface area contributed by atoms with E-state index in [9.17, 15) is 18.8 Å². The number of halogens is 3.